The molecule has 0 radical (unpaired) electrons. The molecular formula is C22H18F3N3O3. The van der Waals surface area contributed by atoms with Crippen LogP contribution in [0.4, 0.5) is 13.2 Å². The van der Waals surface area contributed by atoms with Crippen molar-refractivity contribution in [3.05, 3.63) is 89.6 Å². The number of carbonyl (C=O) groups excluding carboxylic acids is 2. The van der Waals surface area contributed by atoms with Gasteiger partial charge in [0.25, 0.3) is 5.91 Å². The minimum Gasteiger partial charge on any atom is -0.439 e. The van der Waals surface area contributed by atoms with Crippen LogP contribution in [0.15, 0.2) is 72.9 Å². The van der Waals surface area contributed by atoms with E-state index in [1.807, 2.05) is 0 Å². The number of ether oxygens (including phenoxy) is 1. The van der Waals surface area contributed by atoms with Crippen LogP contribution in [-0.2, 0) is 16.5 Å². The maximum Gasteiger partial charge on any atom is 0.417 e. The first-order valence-electron chi connectivity index (χ1n) is 9.09. The number of hydrogen-bond donors (Lipinski definition) is 2. The first-order chi connectivity index (χ1) is 14.6. The van der Waals surface area contributed by atoms with E-state index in [2.05, 4.69) is 10.3 Å². The number of rotatable bonds is 6. The third-order valence-electron chi connectivity index (χ3n) is 4.61. The molecule has 0 saturated carbocycles. The van der Waals surface area contributed by atoms with Gasteiger partial charge in [-0.2, -0.15) is 13.2 Å². The zero-order valence-electron chi connectivity index (χ0n) is 16.3. The molecule has 2 aromatic carbocycles. The molecule has 0 spiro atoms. The molecule has 1 aromatic heterocycles. The zero-order valence-corrected chi connectivity index (χ0v) is 16.3. The summed E-state index contributed by atoms with van der Waals surface area (Å²) in [4.78, 5) is 28.3. The lowest BCUT2D eigenvalue weighted by Gasteiger charge is -2.28. The van der Waals surface area contributed by atoms with Gasteiger partial charge in [0.05, 0.1) is 5.56 Å². The number of nitrogens with zero attached hydrogens (tertiary/aromatic N) is 1. The molecular weight excluding hydrogens is 411 g/mol. The molecule has 31 heavy (non-hydrogen) atoms. The molecule has 1 heterocycles. The van der Waals surface area contributed by atoms with E-state index in [1.54, 1.807) is 30.3 Å². The number of alkyl halides is 3. The number of amides is 2. The Morgan fingerprint density at radius 2 is 1.58 bits per heavy atom. The molecule has 1 atom stereocenters. The molecule has 0 bridgehead atoms. The summed E-state index contributed by atoms with van der Waals surface area (Å²) in [6, 6.07) is 16.3. The van der Waals surface area contributed by atoms with Gasteiger partial charge in [0, 0.05) is 17.8 Å². The molecule has 0 aliphatic rings. The van der Waals surface area contributed by atoms with Crippen molar-refractivity contribution >= 4 is 11.8 Å². The number of nitrogens with one attached hydrogen (secondary N) is 1. The van der Waals surface area contributed by atoms with E-state index in [1.165, 1.54) is 31.2 Å². The van der Waals surface area contributed by atoms with E-state index in [0.717, 1.165) is 12.1 Å². The number of benzene rings is 2. The summed E-state index contributed by atoms with van der Waals surface area (Å²) in [7, 11) is 0. The number of primary amides is 1. The van der Waals surface area contributed by atoms with Crippen LogP contribution in [0, 0.1) is 0 Å². The first-order valence-corrected chi connectivity index (χ1v) is 9.09. The molecule has 6 nitrogen and oxygen atoms in total. The summed E-state index contributed by atoms with van der Waals surface area (Å²) in [5.74, 6) is -1.02. The summed E-state index contributed by atoms with van der Waals surface area (Å²) in [5, 5.41) is 2.64. The van der Waals surface area contributed by atoms with Gasteiger partial charge in [-0.1, -0.05) is 30.3 Å². The number of nitrogens with two attached hydrogens (primary N) is 1. The Bertz CT molecular complexity index is 1070. The van der Waals surface area contributed by atoms with Crippen LogP contribution in [0.25, 0.3) is 0 Å². The van der Waals surface area contributed by atoms with Crippen molar-refractivity contribution < 1.29 is 27.5 Å². The van der Waals surface area contributed by atoms with Gasteiger partial charge < -0.3 is 15.8 Å². The predicted octanol–water partition coefficient (Wildman–Crippen LogP) is 4.02. The summed E-state index contributed by atoms with van der Waals surface area (Å²) >= 11 is 0. The average molecular weight is 429 g/mol. The highest BCUT2D eigenvalue weighted by atomic mass is 19.4. The Morgan fingerprint density at radius 3 is 2.10 bits per heavy atom. The molecule has 0 aliphatic carbocycles. The van der Waals surface area contributed by atoms with Crippen molar-refractivity contribution in [3.8, 4) is 11.6 Å². The summed E-state index contributed by atoms with van der Waals surface area (Å²) < 4.78 is 43.2. The SMILES string of the molecule is CC(NC(=O)c1ccc(Oc2ccc(C(F)(F)F)cn2)cc1)(C(N)=O)c1ccccc1. The molecule has 3 aromatic rings. The Morgan fingerprint density at radius 1 is 0.935 bits per heavy atom. The van der Waals surface area contributed by atoms with Crippen LogP contribution in [0.2, 0.25) is 0 Å². The lowest BCUT2D eigenvalue weighted by molar-refractivity contribution is -0.137. The van der Waals surface area contributed by atoms with E-state index in [-0.39, 0.29) is 17.2 Å². The second-order valence-corrected chi connectivity index (χ2v) is 6.82. The van der Waals surface area contributed by atoms with Crippen LogP contribution in [-0.4, -0.2) is 16.8 Å². The Labute approximate surface area is 175 Å². The fourth-order valence-electron chi connectivity index (χ4n) is 2.75. The number of aromatic nitrogens is 1. The minimum absolute atomic E-state index is 0.0319. The third kappa shape index (κ3) is 5.00. The van der Waals surface area contributed by atoms with E-state index in [0.29, 0.717) is 11.8 Å². The van der Waals surface area contributed by atoms with Gasteiger partial charge in [-0.15, -0.1) is 0 Å². The number of halogens is 3. The Hall–Kier alpha value is -3.88. The smallest absolute Gasteiger partial charge is 0.417 e. The van der Waals surface area contributed by atoms with E-state index < -0.39 is 29.1 Å². The molecule has 3 N–H and O–H groups in total. The molecule has 0 fully saturated rings. The van der Waals surface area contributed by atoms with Crippen molar-refractivity contribution in [2.75, 3.05) is 0 Å². The summed E-state index contributed by atoms with van der Waals surface area (Å²) in [5.41, 5.74) is 3.98. The van der Waals surface area contributed by atoms with E-state index in [4.69, 9.17) is 10.5 Å². The van der Waals surface area contributed by atoms with Gasteiger partial charge in [-0.05, 0) is 42.8 Å². The van der Waals surface area contributed by atoms with Crippen molar-refractivity contribution in [1.29, 1.82) is 0 Å². The molecule has 1 unspecified atom stereocenters. The standard InChI is InChI=1S/C22H18F3N3O3/c1-21(20(26)30,15-5-3-2-4-6-15)28-19(29)14-7-10-17(11-8-14)31-18-12-9-16(13-27-18)22(23,24)25/h2-13H,1H3,(H2,26,30)(H,28,29). The fraction of sp³-hybridized carbons (Fsp3) is 0.136. The second-order valence-electron chi connectivity index (χ2n) is 6.82. The van der Waals surface area contributed by atoms with Crippen molar-refractivity contribution in [2.24, 2.45) is 5.73 Å². The van der Waals surface area contributed by atoms with Crippen LogP contribution < -0.4 is 15.8 Å². The van der Waals surface area contributed by atoms with Gasteiger partial charge >= 0.3 is 6.18 Å². The largest absolute Gasteiger partial charge is 0.439 e. The fourth-order valence-corrected chi connectivity index (χ4v) is 2.75. The lowest BCUT2D eigenvalue weighted by Crippen LogP contribution is -2.52. The van der Waals surface area contributed by atoms with Crippen LogP contribution in [0.1, 0.15) is 28.4 Å². The summed E-state index contributed by atoms with van der Waals surface area (Å²) in [6.45, 7) is 1.51. The van der Waals surface area contributed by atoms with Gasteiger partial charge in [0.15, 0.2) is 0 Å². The van der Waals surface area contributed by atoms with Gasteiger partial charge in [-0.3, -0.25) is 9.59 Å². The number of hydrogen-bond acceptors (Lipinski definition) is 4. The van der Waals surface area contributed by atoms with Crippen LogP contribution in [0.5, 0.6) is 11.6 Å². The molecule has 2 amide bonds. The van der Waals surface area contributed by atoms with Gasteiger partial charge in [0.1, 0.15) is 11.3 Å². The predicted molar refractivity (Wildman–Crippen MR) is 106 cm³/mol. The van der Waals surface area contributed by atoms with E-state index >= 15 is 0 Å². The van der Waals surface area contributed by atoms with Crippen LogP contribution >= 0.6 is 0 Å². The maximum absolute atomic E-state index is 12.7. The second kappa shape index (κ2) is 8.47. The van der Waals surface area contributed by atoms with Gasteiger partial charge in [0.2, 0.25) is 11.8 Å². The normalized spacial score (nSPS) is 13.2. The quantitative estimate of drug-likeness (QED) is 0.619. The first kappa shape index (κ1) is 21.8. The van der Waals surface area contributed by atoms with Gasteiger partial charge in [-0.25, -0.2) is 4.98 Å². The summed E-state index contributed by atoms with van der Waals surface area (Å²) in [6.07, 6.45) is -3.81. The van der Waals surface area contributed by atoms with E-state index in [9.17, 15) is 22.8 Å². The topological polar surface area (TPSA) is 94.3 Å². The third-order valence-corrected chi connectivity index (χ3v) is 4.61. The van der Waals surface area contributed by atoms with Crippen molar-refractivity contribution in [3.63, 3.8) is 0 Å². The van der Waals surface area contributed by atoms with Crippen molar-refractivity contribution in [1.82, 2.24) is 10.3 Å². The van der Waals surface area contributed by atoms with Crippen LogP contribution in [0.3, 0.4) is 0 Å². The zero-order chi connectivity index (χ0) is 22.6. The molecule has 3 rings (SSSR count). The Balaban J connectivity index is 1.72. The maximum atomic E-state index is 12.7. The monoisotopic (exact) mass is 429 g/mol. The number of carbonyl (C=O) groups is 2. The van der Waals surface area contributed by atoms with Crippen molar-refractivity contribution in [2.45, 2.75) is 18.6 Å². The number of pyridine rings is 1. The lowest BCUT2D eigenvalue weighted by atomic mass is 9.91. The highest BCUT2D eigenvalue weighted by Gasteiger charge is 2.35. The molecule has 0 saturated heterocycles. The average Bonchev–Trinajstić information content (AvgIpc) is 2.74. The highest BCUT2D eigenvalue weighted by molar-refractivity contribution is 5.99. The Kier molecular flexibility index (Phi) is 5.96. The molecule has 9 heteroatoms. The molecule has 0 aliphatic heterocycles. The minimum atomic E-state index is -4.49. The molecule has 160 valence electrons. The highest BCUT2D eigenvalue weighted by Crippen LogP contribution is 2.30.